The van der Waals surface area contributed by atoms with Crippen LogP contribution in [0.15, 0.2) is 29.0 Å². The zero-order valence-corrected chi connectivity index (χ0v) is 10.3. The van der Waals surface area contributed by atoms with E-state index in [1.807, 2.05) is 6.92 Å². The minimum atomic E-state index is -0.387. The number of anilines is 1. The topological polar surface area (TPSA) is 55.1 Å². The van der Waals surface area contributed by atoms with Gasteiger partial charge >= 0.3 is 0 Å². The van der Waals surface area contributed by atoms with E-state index in [4.69, 9.17) is 27.6 Å². The van der Waals surface area contributed by atoms with E-state index in [0.29, 0.717) is 5.69 Å². The number of carbonyl (C=O) groups excluding carboxylic acids is 1. The van der Waals surface area contributed by atoms with E-state index in [1.165, 1.54) is 12.3 Å². The van der Waals surface area contributed by atoms with E-state index in [2.05, 4.69) is 10.3 Å². The second-order valence-electron chi connectivity index (χ2n) is 3.36. The molecule has 2 aromatic heterocycles. The molecule has 0 aliphatic rings. The zero-order valence-electron chi connectivity index (χ0n) is 8.83. The molecule has 17 heavy (non-hydrogen) atoms. The van der Waals surface area contributed by atoms with Gasteiger partial charge < -0.3 is 9.73 Å². The largest absolute Gasteiger partial charge is 0.452 e. The number of aromatic nitrogens is 1. The van der Waals surface area contributed by atoms with Crippen LogP contribution in [0, 0.1) is 6.92 Å². The highest BCUT2D eigenvalue weighted by atomic mass is 35.5. The number of nitrogens with zero attached hydrogens (tertiary/aromatic N) is 1. The molecule has 1 amide bonds. The third-order valence-electron chi connectivity index (χ3n) is 2.21. The molecule has 2 heterocycles. The Morgan fingerprint density at radius 2 is 2.18 bits per heavy atom. The fraction of sp³-hybridized carbons (Fsp3) is 0.0909. The van der Waals surface area contributed by atoms with Crippen LogP contribution in [0.25, 0.3) is 0 Å². The van der Waals surface area contributed by atoms with Crippen LogP contribution in [-0.4, -0.2) is 10.9 Å². The molecule has 6 heteroatoms. The van der Waals surface area contributed by atoms with Crippen LogP contribution in [0.5, 0.6) is 0 Å². The number of hydrogen-bond acceptors (Lipinski definition) is 3. The number of aryl methyl sites for hydroxylation is 1. The van der Waals surface area contributed by atoms with E-state index < -0.39 is 0 Å². The van der Waals surface area contributed by atoms with E-state index >= 15 is 0 Å². The number of halogens is 2. The van der Waals surface area contributed by atoms with E-state index in [1.54, 1.807) is 12.3 Å². The smallest absolute Gasteiger partial charge is 0.260 e. The molecular formula is C11H8Cl2N2O2. The van der Waals surface area contributed by atoms with Crippen LogP contribution in [0.1, 0.15) is 15.9 Å². The van der Waals surface area contributed by atoms with Crippen molar-refractivity contribution >= 4 is 34.8 Å². The Morgan fingerprint density at radius 3 is 2.76 bits per heavy atom. The molecule has 0 spiro atoms. The fourth-order valence-corrected chi connectivity index (χ4v) is 1.76. The third-order valence-corrected chi connectivity index (χ3v) is 2.79. The maximum atomic E-state index is 11.9. The molecule has 2 aromatic rings. The van der Waals surface area contributed by atoms with Crippen LogP contribution in [0.2, 0.25) is 10.4 Å². The second kappa shape index (κ2) is 4.77. The lowest BCUT2D eigenvalue weighted by atomic mass is 10.2. The average molecular weight is 271 g/mol. The normalized spacial score (nSPS) is 10.3. The third kappa shape index (κ3) is 2.43. The van der Waals surface area contributed by atoms with Gasteiger partial charge in [-0.1, -0.05) is 11.6 Å². The summed E-state index contributed by atoms with van der Waals surface area (Å²) >= 11 is 11.6. The highest BCUT2D eigenvalue weighted by Gasteiger charge is 2.15. The van der Waals surface area contributed by atoms with Crippen molar-refractivity contribution < 1.29 is 9.21 Å². The van der Waals surface area contributed by atoms with Crippen LogP contribution < -0.4 is 5.32 Å². The van der Waals surface area contributed by atoms with Gasteiger partial charge in [-0.05, 0) is 36.2 Å². The number of amides is 1. The lowest BCUT2D eigenvalue weighted by Gasteiger charge is -2.08. The highest BCUT2D eigenvalue weighted by molar-refractivity contribution is 6.34. The second-order valence-corrected chi connectivity index (χ2v) is 4.06. The summed E-state index contributed by atoms with van der Waals surface area (Å²) < 4.78 is 4.84. The molecule has 0 saturated heterocycles. The van der Waals surface area contributed by atoms with Crippen molar-refractivity contribution in [2.45, 2.75) is 6.92 Å². The van der Waals surface area contributed by atoms with Crippen molar-refractivity contribution in [1.29, 1.82) is 0 Å². The lowest BCUT2D eigenvalue weighted by Crippen LogP contribution is -2.13. The number of nitrogens with one attached hydrogen (secondary N) is 1. The van der Waals surface area contributed by atoms with E-state index in [-0.39, 0.29) is 21.8 Å². The number of rotatable bonds is 2. The van der Waals surface area contributed by atoms with Gasteiger partial charge in [0.1, 0.15) is 0 Å². The van der Waals surface area contributed by atoms with Crippen molar-refractivity contribution in [3.63, 3.8) is 0 Å². The fourth-order valence-electron chi connectivity index (χ4n) is 1.31. The molecule has 0 fully saturated rings. The van der Waals surface area contributed by atoms with E-state index in [9.17, 15) is 4.79 Å². The first-order chi connectivity index (χ1) is 8.09. The predicted octanol–water partition coefficient (Wildman–Crippen LogP) is 3.54. The molecule has 88 valence electrons. The predicted molar refractivity (Wildman–Crippen MR) is 65.7 cm³/mol. The Kier molecular flexibility index (Phi) is 3.36. The molecule has 0 bridgehead atoms. The highest BCUT2D eigenvalue weighted by Crippen LogP contribution is 2.25. The summed E-state index contributed by atoms with van der Waals surface area (Å²) in [5.74, 6) is -0.387. The van der Waals surface area contributed by atoms with Gasteiger partial charge in [-0.25, -0.2) is 4.98 Å². The minimum absolute atomic E-state index is 0.0418. The van der Waals surface area contributed by atoms with Crippen molar-refractivity contribution in [1.82, 2.24) is 4.98 Å². The van der Waals surface area contributed by atoms with Crippen LogP contribution >= 0.6 is 23.2 Å². The standard InChI is InChI=1S/C11H8Cl2N2O2/c1-6-2-4-14-9(12)8(6)15-11(16)7-3-5-17-10(7)13/h2-5H,1H3,(H,15,16). The van der Waals surface area contributed by atoms with Crippen LogP contribution in [0.3, 0.4) is 0 Å². The summed E-state index contributed by atoms with van der Waals surface area (Å²) in [7, 11) is 0. The first-order valence-corrected chi connectivity index (χ1v) is 5.50. The summed E-state index contributed by atoms with van der Waals surface area (Å²) in [6.45, 7) is 1.82. The van der Waals surface area contributed by atoms with Gasteiger partial charge in [0.25, 0.3) is 5.91 Å². The van der Waals surface area contributed by atoms with Gasteiger partial charge in [0.05, 0.1) is 17.5 Å². The molecule has 0 unspecified atom stereocenters. The zero-order chi connectivity index (χ0) is 12.4. The Morgan fingerprint density at radius 1 is 1.41 bits per heavy atom. The van der Waals surface area contributed by atoms with E-state index in [0.717, 1.165) is 5.56 Å². The summed E-state index contributed by atoms with van der Waals surface area (Å²) in [6, 6.07) is 3.23. The first-order valence-electron chi connectivity index (χ1n) is 4.75. The average Bonchev–Trinajstić information content (AvgIpc) is 2.70. The molecule has 4 nitrogen and oxygen atoms in total. The minimum Gasteiger partial charge on any atom is -0.452 e. The van der Waals surface area contributed by atoms with Gasteiger partial charge in [0.2, 0.25) is 5.22 Å². The Balaban J connectivity index is 2.28. The molecule has 0 aliphatic heterocycles. The van der Waals surface area contributed by atoms with Crippen molar-refractivity contribution in [2.75, 3.05) is 5.32 Å². The lowest BCUT2D eigenvalue weighted by molar-refractivity contribution is 0.102. The maximum absolute atomic E-state index is 11.9. The molecule has 0 saturated carbocycles. The molecule has 2 rings (SSSR count). The van der Waals surface area contributed by atoms with Crippen molar-refractivity contribution in [3.8, 4) is 0 Å². The summed E-state index contributed by atoms with van der Waals surface area (Å²) in [6.07, 6.45) is 2.91. The number of hydrogen-bond donors (Lipinski definition) is 1. The Labute approximate surface area is 108 Å². The van der Waals surface area contributed by atoms with Crippen molar-refractivity contribution in [3.05, 3.63) is 46.1 Å². The summed E-state index contributed by atoms with van der Waals surface area (Å²) in [4.78, 5) is 15.7. The van der Waals surface area contributed by atoms with Gasteiger partial charge in [-0.3, -0.25) is 4.79 Å². The van der Waals surface area contributed by atoms with Gasteiger partial charge in [0.15, 0.2) is 5.15 Å². The quantitative estimate of drug-likeness (QED) is 0.850. The Hall–Kier alpha value is -1.52. The molecule has 1 N–H and O–H groups in total. The maximum Gasteiger partial charge on any atom is 0.260 e. The molecule has 0 atom stereocenters. The van der Waals surface area contributed by atoms with Crippen molar-refractivity contribution in [2.24, 2.45) is 0 Å². The molecule has 0 aliphatic carbocycles. The molecule has 0 radical (unpaired) electrons. The number of pyridine rings is 1. The molecular weight excluding hydrogens is 263 g/mol. The SMILES string of the molecule is Cc1ccnc(Cl)c1NC(=O)c1ccoc1Cl. The van der Waals surface area contributed by atoms with Crippen LogP contribution in [0.4, 0.5) is 5.69 Å². The van der Waals surface area contributed by atoms with Crippen LogP contribution in [-0.2, 0) is 0 Å². The summed E-state index contributed by atoms with van der Waals surface area (Å²) in [5.41, 5.74) is 1.54. The first kappa shape index (κ1) is 12.0. The number of furan rings is 1. The number of carbonyl (C=O) groups is 1. The molecule has 0 aromatic carbocycles. The van der Waals surface area contributed by atoms with Gasteiger partial charge in [0, 0.05) is 6.20 Å². The summed E-state index contributed by atoms with van der Waals surface area (Å²) in [5, 5.41) is 2.92. The van der Waals surface area contributed by atoms with Gasteiger partial charge in [-0.2, -0.15) is 0 Å². The van der Waals surface area contributed by atoms with Gasteiger partial charge in [-0.15, -0.1) is 0 Å². The monoisotopic (exact) mass is 270 g/mol. The Bertz CT molecular complexity index is 546.